The Hall–Kier alpha value is -1.71. The predicted octanol–water partition coefficient (Wildman–Crippen LogP) is 4.19. The van der Waals surface area contributed by atoms with E-state index < -0.39 is 16.6 Å². The van der Waals surface area contributed by atoms with Gasteiger partial charge in [0.15, 0.2) is 11.5 Å². The molecule has 0 spiro atoms. The summed E-state index contributed by atoms with van der Waals surface area (Å²) in [6, 6.07) is 9.31. The molecular formula is C17H18BrF2NO4S. The molecule has 0 bridgehead atoms. The number of ether oxygens (including phenoxy) is 2. The van der Waals surface area contributed by atoms with Gasteiger partial charge in [0.2, 0.25) is 10.0 Å². The maximum absolute atomic E-state index is 12.8. The van der Waals surface area contributed by atoms with Crippen LogP contribution in [-0.4, -0.2) is 33.5 Å². The first kappa shape index (κ1) is 20.6. The smallest absolute Gasteiger partial charge is 0.387 e. The lowest BCUT2D eigenvalue weighted by atomic mass is 10.2. The first-order valence-electron chi connectivity index (χ1n) is 7.49. The maximum Gasteiger partial charge on any atom is 0.387 e. The number of hydrogen-bond acceptors (Lipinski definition) is 4. The lowest BCUT2D eigenvalue weighted by Gasteiger charge is -2.19. The molecule has 2 aromatic carbocycles. The van der Waals surface area contributed by atoms with Crippen LogP contribution in [0.5, 0.6) is 11.5 Å². The van der Waals surface area contributed by atoms with E-state index in [0.717, 1.165) is 9.87 Å². The summed E-state index contributed by atoms with van der Waals surface area (Å²) in [5.41, 5.74) is 1.40. The summed E-state index contributed by atoms with van der Waals surface area (Å²) in [5, 5.41) is 0. The number of rotatable bonds is 7. The van der Waals surface area contributed by atoms with Crippen molar-refractivity contribution in [1.29, 1.82) is 0 Å². The highest BCUT2D eigenvalue weighted by molar-refractivity contribution is 9.10. The van der Waals surface area contributed by atoms with Gasteiger partial charge in [0.05, 0.1) is 12.0 Å². The third-order valence-electron chi connectivity index (χ3n) is 3.62. The third kappa shape index (κ3) is 4.72. The molecule has 0 heterocycles. The highest BCUT2D eigenvalue weighted by Gasteiger charge is 2.24. The Morgan fingerprint density at radius 1 is 1.15 bits per heavy atom. The molecule has 0 unspecified atom stereocenters. The molecule has 0 atom stereocenters. The van der Waals surface area contributed by atoms with Gasteiger partial charge in [-0.1, -0.05) is 12.1 Å². The second-order valence-electron chi connectivity index (χ2n) is 5.56. The van der Waals surface area contributed by atoms with Crippen molar-refractivity contribution in [2.45, 2.75) is 25.0 Å². The number of nitrogens with zero attached hydrogens (tertiary/aromatic N) is 1. The van der Waals surface area contributed by atoms with Crippen LogP contribution < -0.4 is 9.47 Å². The number of halogens is 3. The molecule has 9 heteroatoms. The molecule has 0 aliphatic heterocycles. The van der Waals surface area contributed by atoms with Gasteiger partial charge in [-0.2, -0.15) is 13.1 Å². The number of sulfonamides is 1. The molecule has 0 aliphatic carbocycles. The Bertz CT molecular complexity index is 890. The van der Waals surface area contributed by atoms with Crippen molar-refractivity contribution >= 4 is 26.0 Å². The van der Waals surface area contributed by atoms with Gasteiger partial charge in [0, 0.05) is 18.1 Å². The third-order valence-corrected chi connectivity index (χ3v) is 6.41. The van der Waals surface area contributed by atoms with Gasteiger partial charge in [0.25, 0.3) is 0 Å². The van der Waals surface area contributed by atoms with Crippen molar-refractivity contribution in [3.63, 3.8) is 0 Å². The fourth-order valence-electron chi connectivity index (χ4n) is 2.33. The standard InChI is InChI=1S/C17H18BrF2NO4S/c1-11-4-7-16(13(18)8-11)26(22,23)21(2)10-12-5-6-14(24-3)15(9-12)25-17(19)20/h4-9,17H,10H2,1-3H3. The molecule has 0 fully saturated rings. The summed E-state index contributed by atoms with van der Waals surface area (Å²) in [6.07, 6.45) is 0. The van der Waals surface area contributed by atoms with Crippen molar-refractivity contribution in [2.75, 3.05) is 14.2 Å². The van der Waals surface area contributed by atoms with E-state index in [9.17, 15) is 17.2 Å². The van der Waals surface area contributed by atoms with Crippen molar-refractivity contribution < 1.29 is 26.7 Å². The largest absolute Gasteiger partial charge is 0.493 e. The second kappa shape index (κ2) is 8.32. The minimum Gasteiger partial charge on any atom is -0.493 e. The van der Waals surface area contributed by atoms with E-state index in [1.807, 2.05) is 6.92 Å². The van der Waals surface area contributed by atoms with Crippen LogP contribution in [0.1, 0.15) is 11.1 Å². The van der Waals surface area contributed by atoms with Gasteiger partial charge >= 0.3 is 6.61 Å². The summed E-state index contributed by atoms with van der Waals surface area (Å²) < 4.78 is 61.6. The van der Waals surface area contributed by atoms with E-state index in [0.29, 0.717) is 10.0 Å². The number of hydrogen-bond donors (Lipinski definition) is 0. The molecule has 26 heavy (non-hydrogen) atoms. The van der Waals surface area contributed by atoms with Crippen LogP contribution in [-0.2, 0) is 16.6 Å². The Labute approximate surface area is 159 Å². The monoisotopic (exact) mass is 449 g/mol. The molecule has 5 nitrogen and oxygen atoms in total. The van der Waals surface area contributed by atoms with Crippen molar-refractivity contribution in [2.24, 2.45) is 0 Å². The summed E-state index contributed by atoms with van der Waals surface area (Å²) in [4.78, 5) is 0.128. The van der Waals surface area contributed by atoms with Crippen LogP contribution in [0.4, 0.5) is 8.78 Å². The van der Waals surface area contributed by atoms with Gasteiger partial charge in [-0.15, -0.1) is 0 Å². The maximum atomic E-state index is 12.8. The van der Waals surface area contributed by atoms with Crippen LogP contribution in [0.3, 0.4) is 0 Å². The molecule has 0 amide bonds. The van der Waals surface area contributed by atoms with Gasteiger partial charge in [-0.3, -0.25) is 0 Å². The SMILES string of the molecule is COc1ccc(CN(C)S(=O)(=O)c2ccc(C)cc2Br)cc1OC(F)F. The lowest BCUT2D eigenvalue weighted by molar-refractivity contribution is -0.0512. The molecule has 0 radical (unpaired) electrons. The normalized spacial score (nSPS) is 11.8. The molecule has 142 valence electrons. The first-order valence-corrected chi connectivity index (χ1v) is 9.72. The van der Waals surface area contributed by atoms with Gasteiger partial charge in [-0.05, 0) is 58.2 Å². The highest BCUT2D eigenvalue weighted by atomic mass is 79.9. The van der Waals surface area contributed by atoms with E-state index >= 15 is 0 Å². The zero-order valence-electron chi connectivity index (χ0n) is 14.4. The number of benzene rings is 2. The molecule has 0 saturated heterocycles. The molecule has 0 saturated carbocycles. The summed E-state index contributed by atoms with van der Waals surface area (Å²) in [7, 11) is -1.02. The van der Waals surface area contributed by atoms with Crippen LogP contribution in [0.2, 0.25) is 0 Å². The van der Waals surface area contributed by atoms with Crippen molar-refractivity contribution in [3.05, 3.63) is 52.0 Å². The average molecular weight is 450 g/mol. The Balaban J connectivity index is 2.29. The number of aryl methyl sites for hydroxylation is 1. The van der Waals surface area contributed by atoms with Gasteiger partial charge in [-0.25, -0.2) is 8.42 Å². The van der Waals surface area contributed by atoms with Crippen LogP contribution >= 0.6 is 15.9 Å². The lowest BCUT2D eigenvalue weighted by Crippen LogP contribution is -2.26. The molecule has 0 aliphatic rings. The fraction of sp³-hybridized carbons (Fsp3) is 0.294. The quantitative estimate of drug-likeness (QED) is 0.635. The zero-order chi connectivity index (χ0) is 19.5. The van der Waals surface area contributed by atoms with E-state index in [1.165, 1.54) is 32.4 Å². The summed E-state index contributed by atoms with van der Waals surface area (Å²) >= 11 is 3.27. The fourth-order valence-corrected chi connectivity index (χ4v) is 4.64. The van der Waals surface area contributed by atoms with E-state index in [4.69, 9.17) is 4.74 Å². The second-order valence-corrected chi connectivity index (χ2v) is 8.43. The molecule has 2 rings (SSSR count). The summed E-state index contributed by atoms with van der Waals surface area (Å²) in [5.74, 6) is -0.0110. The average Bonchev–Trinajstić information content (AvgIpc) is 2.54. The minimum atomic E-state index is -3.77. The number of methoxy groups -OCH3 is 1. The van der Waals surface area contributed by atoms with E-state index in [1.54, 1.807) is 18.2 Å². The van der Waals surface area contributed by atoms with Gasteiger partial charge < -0.3 is 9.47 Å². The predicted molar refractivity (Wildman–Crippen MR) is 97.2 cm³/mol. The molecule has 0 aromatic heterocycles. The highest BCUT2D eigenvalue weighted by Crippen LogP contribution is 2.31. The van der Waals surface area contributed by atoms with E-state index in [2.05, 4.69) is 20.7 Å². The summed E-state index contributed by atoms with van der Waals surface area (Å²) in [6.45, 7) is -1.18. The van der Waals surface area contributed by atoms with Gasteiger partial charge in [0.1, 0.15) is 0 Å². The number of alkyl halides is 2. The van der Waals surface area contributed by atoms with Crippen molar-refractivity contribution in [3.8, 4) is 11.5 Å². The Morgan fingerprint density at radius 2 is 1.85 bits per heavy atom. The van der Waals surface area contributed by atoms with Crippen LogP contribution in [0, 0.1) is 6.92 Å². The van der Waals surface area contributed by atoms with Crippen molar-refractivity contribution in [1.82, 2.24) is 4.31 Å². The zero-order valence-corrected chi connectivity index (χ0v) is 16.8. The van der Waals surface area contributed by atoms with Crippen LogP contribution in [0.15, 0.2) is 45.8 Å². The molecule has 0 N–H and O–H groups in total. The Kier molecular flexibility index (Phi) is 6.59. The Morgan fingerprint density at radius 3 is 2.42 bits per heavy atom. The van der Waals surface area contributed by atoms with Crippen LogP contribution in [0.25, 0.3) is 0 Å². The minimum absolute atomic E-state index is 0.0216. The molecule has 2 aromatic rings. The molecular weight excluding hydrogens is 432 g/mol. The van der Waals surface area contributed by atoms with E-state index in [-0.39, 0.29) is 22.9 Å². The first-order chi connectivity index (χ1) is 12.1. The topological polar surface area (TPSA) is 55.8 Å².